The van der Waals surface area contributed by atoms with E-state index in [0.29, 0.717) is 10.7 Å². The van der Waals surface area contributed by atoms with Crippen LogP contribution >= 0.6 is 11.6 Å². The van der Waals surface area contributed by atoms with Crippen molar-refractivity contribution in [2.24, 2.45) is 5.14 Å². The third kappa shape index (κ3) is 3.52. The zero-order chi connectivity index (χ0) is 19.0. The van der Waals surface area contributed by atoms with Crippen LogP contribution in [0.5, 0.6) is 0 Å². The first kappa shape index (κ1) is 17.5. The Labute approximate surface area is 160 Å². The zero-order valence-corrected chi connectivity index (χ0v) is 15.5. The second-order valence-corrected chi connectivity index (χ2v) is 7.88. The van der Waals surface area contributed by atoms with Gasteiger partial charge in [-0.1, -0.05) is 23.7 Å². The summed E-state index contributed by atoms with van der Waals surface area (Å²) in [5, 5.41) is 10.5. The summed E-state index contributed by atoms with van der Waals surface area (Å²) in [6.07, 6.45) is 3.19. The van der Waals surface area contributed by atoms with Crippen molar-refractivity contribution in [3.05, 3.63) is 78.2 Å². The maximum Gasteiger partial charge on any atom is 0.238 e. The molecule has 2 aromatic heterocycles. The van der Waals surface area contributed by atoms with E-state index >= 15 is 0 Å². The fraction of sp³-hybridized carbons (Fsp3) is 0. The van der Waals surface area contributed by atoms with Crippen LogP contribution in [0.4, 0.5) is 0 Å². The van der Waals surface area contributed by atoms with E-state index in [9.17, 15) is 8.42 Å². The molecule has 0 spiro atoms. The Balaban J connectivity index is 1.86. The van der Waals surface area contributed by atoms with E-state index in [1.807, 2.05) is 24.3 Å². The van der Waals surface area contributed by atoms with Crippen molar-refractivity contribution in [1.29, 1.82) is 0 Å². The highest BCUT2D eigenvalue weighted by Gasteiger charge is 2.15. The quantitative estimate of drug-likeness (QED) is 0.559. The molecule has 0 saturated heterocycles. The lowest BCUT2D eigenvalue weighted by Crippen LogP contribution is -2.12. The lowest BCUT2D eigenvalue weighted by molar-refractivity contribution is 0.568. The largest absolute Gasteiger partial charge is 0.472 e. The maximum absolute atomic E-state index is 11.5. The number of rotatable bonds is 4. The zero-order valence-electron chi connectivity index (χ0n) is 13.9. The second-order valence-electron chi connectivity index (χ2n) is 5.88. The van der Waals surface area contributed by atoms with E-state index in [-0.39, 0.29) is 4.90 Å². The number of nitrogens with two attached hydrogens (primary N) is 1. The van der Waals surface area contributed by atoms with E-state index in [1.165, 1.54) is 12.1 Å². The van der Waals surface area contributed by atoms with Gasteiger partial charge in [0, 0.05) is 16.1 Å². The van der Waals surface area contributed by atoms with Crippen molar-refractivity contribution >= 4 is 21.6 Å². The van der Waals surface area contributed by atoms with E-state index in [2.05, 4.69) is 5.10 Å². The summed E-state index contributed by atoms with van der Waals surface area (Å²) in [6, 6.07) is 17.4. The van der Waals surface area contributed by atoms with Crippen molar-refractivity contribution in [2.45, 2.75) is 4.90 Å². The van der Waals surface area contributed by atoms with Gasteiger partial charge in [0.15, 0.2) is 0 Å². The van der Waals surface area contributed by atoms with Gasteiger partial charge in [-0.2, -0.15) is 5.10 Å². The van der Waals surface area contributed by atoms with Crippen molar-refractivity contribution in [3.8, 4) is 28.2 Å². The summed E-state index contributed by atoms with van der Waals surface area (Å²) in [4.78, 5) is 0.0431. The van der Waals surface area contributed by atoms with Crippen molar-refractivity contribution in [1.82, 2.24) is 9.78 Å². The molecule has 0 radical (unpaired) electrons. The van der Waals surface area contributed by atoms with Gasteiger partial charge in [0.05, 0.1) is 34.5 Å². The Hall–Kier alpha value is -2.87. The molecule has 27 heavy (non-hydrogen) atoms. The number of halogens is 1. The molecule has 2 heterocycles. The summed E-state index contributed by atoms with van der Waals surface area (Å²) in [5.41, 5.74) is 4.00. The minimum atomic E-state index is -3.76. The van der Waals surface area contributed by atoms with Crippen LogP contribution in [0.15, 0.2) is 82.5 Å². The predicted octanol–water partition coefficient (Wildman–Crippen LogP) is 4.10. The van der Waals surface area contributed by atoms with E-state index < -0.39 is 10.0 Å². The van der Waals surface area contributed by atoms with E-state index in [0.717, 1.165) is 22.5 Å². The molecule has 2 N–H and O–H groups in total. The second kappa shape index (κ2) is 6.70. The normalized spacial score (nSPS) is 11.6. The van der Waals surface area contributed by atoms with Gasteiger partial charge in [-0.25, -0.2) is 18.2 Å². The fourth-order valence-electron chi connectivity index (χ4n) is 2.73. The average Bonchev–Trinajstić information content (AvgIpc) is 3.31. The molecular formula is C19H14ClN3O3S. The number of benzene rings is 2. The van der Waals surface area contributed by atoms with Crippen LogP contribution in [0.2, 0.25) is 5.02 Å². The number of primary sulfonamides is 1. The number of sulfonamides is 1. The molecule has 4 rings (SSSR count). The number of hydrogen-bond acceptors (Lipinski definition) is 4. The highest BCUT2D eigenvalue weighted by molar-refractivity contribution is 7.89. The summed E-state index contributed by atoms with van der Waals surface area (Å²) < 4.78 is 29.9. The molecule has 0 aliphatic carbocycles. The standard InChI is InChI=1S/C19H14ClN3O3S/c20-15-3-1-13(2-4-15)19-11-18(14-9-10-26-12-14)22-23(19)16-5-7-17(8-6-16)27(21,24)25/h1-12H,(H2,21,24,25). The van der Waals surface area contributed by atoms with Crippen molar-refractivity contribution in [2.75, 3.05) is 0 Å². The van der Waals surface area contributed by atoms with Crippen LogP contribution in [-0.2, 0) is 10.0 Å². The van der Waals surface area contributed by atoms with Gasteiger partial charge < -0.3 is 4.42 Å². The molecule has 0 fully saturated rings. The summed E-state index contributed by atoms with van der Waals surface area (Å²) in [5.74, 6) is 0. The fourth-order valence-corrected chi connectivity index (χ4v) is 3.37. The molecule has 0 bridgehead atoms. The Kier molecular flexibility index (Phi) is 4.35. The van der Waals surface area contributed by atoms with Gasteiger partial charge in [0.1, 0.15) is 0 Å². The Bertz CT molecular complexity index is 1180. The highest BCUT2D eigenvalue weighted by Crippen LogP contribution is 2.30. The molecule has 0 unspecified atom stereocenters. The molecule has 0 aliphatic rings. The van der Waals surface area contributed by atoms with Gasteiger partial charge in [0.2, 0.25) is 10.0 Å². The first-order chi connectivity index (χ1) is 12.9. The third-order valence-corrected chi connectivity index (χ3v) is 5.26. The predicted molar refractivity (Wildman–Crippen MR) is 103 cm³/mol. The van der Waals surface area contributed by atoms with Crippen molar-refractivity contribution in [3.63, 3.8) is 0 Å². The molecule has 2 aromatic carbocycles. The van der Waals surface area contributed by atoms with Gasteiger partial charge in [-0.05, 0) is 48.5 Å². The van der Waals surface area contributed by atoms with E-state index in [1.54, 1.807) is 41.5 Å². The number of nitrogens with zero attached hydrogens (tertiary/aromatic N) is 2. The van der Waals surface area contributed by atoms with Gasteiger partial charge in [-0.15, -0.1) is 0 Å². The monoisotopic (exact) mass is 399 g/mol. The lowest BCUT2D eigenvalue weighted by Gasteiger charge is -2.08. The lowest BCUT2D eigenvalue weighted by atomic mass is 10.1. The first-order valence-electron chi connectivity index (χ1n) is 7.94. The maximum atomic E-state index is 11.5. The van der Waals surface area contributed by atoms with Crippen LogP contribution in [0, 0.1) is 0 Å². The SMILES string of the molecule is NS(=O)(=O)c1ccc(-n2nc(-c3ccoc3)cc2-c2ccc(Cl)cc2)cc1. The van der Waals surface area contributed by atoms with Crippen LogP contribution in [0.3, 0.4) is 0 Å². The van der Waals surface area contributed by atoms with Gasteiger partial charge in [0.25, 0.3) is 0 Å². The topological polar surface area (TPSA) is 91.1 Å². The number of furan rings is 1. The number of hydrogen-bond donors (Lipinski definition) is 1. The third-order valence-electron chi connectivity index (χ3n) is 4.08. The Morgan fingerprint density at radius 2 is 1.67 bits per heavy atom. The molecule has 0 amide bonds. The molecular weight excluding hydrogens is 386 g/mol. The molecule has 0 atom stereocenters. The summed E-state index contributed by atoms with van der Waals surface area (Å²) in [6.45, 7) is 0. The molecule has 6 nitrogen and oxygen atoms in total. The van der Waals surface area contributed by atoms with Crippen LogP contribution < -0.4 is 5.14 Å². The smallest absolute Gasteiger partial charge is 0.238 e. The molecule has 136 valence electrons. The van der Waals surface area contributed by atoms with Crippen LogP contribution in [0.25, 0.3) is 28.2 Å². The van der Waals surface area contributed by atoms with Gasteiger partial charge in [-0.3, -0.25) is 0 Å². The Morgan fingerprint density at radius 3 is 2.26 bits per heavy atom. The minimum Gasteiger partial charge on any atom is -0.472 e. The minimum absolute atomic E-state index is 0.0431. The summed E-state index contributed by atoms with van der Waals surface area (Å²) >= 11 is 6.00. The Morgan fingerprint density at radius 1 is 0.963 bits per heavy atom. The molecule has 0 aliphatic heterocycles. The molecule has 0 saturated carbocycles. The van der Waals surface area contributed by atoms with Crippen LogP contribution in [-0.4, -0.2) is 18.2 Å². The first-order valence-corrected chi connectivity index (χ1v) is 9.86. The van der Waals surface area contributed by atoms with E-state index in [4.69, 9.17) is 21.2 Å². The van der Waals surface area contributed by atoms with Gasteiger partial charge >= 0.3 is 0 Å². The molecule has 4 aromatic rings. The van der Waals surface area contributed by atoms with Crippen LogP contribution in [0.1, 0.15) is 0 Å². The average molecular weight is 400 g/mol. The highest BCUT2D eigenvalue weighted by atomic mass is 35.5. The summed E-state index contributed by atoms with van der Waals surface area (Å²) in [7, 11) is -3.76. The number of aromatic nitrogens is 2. The van der Waals surface area contributed by atoms with Crippen molar-refractivity contribution < 1.29 is 12.8 Å². The molecule has 8 heteroatoms.